The summed E-state index contributed by atoms with van der Waals surface area (Å²) in [4.78, 5) is 9.10. The first-order valence-corrected chi connectivity index (χ1v) is 18.7. The monoisotopic (exact) mass is 902 g/mol. The van der Waals surface area contributed by atoms with Crippen LogP contribution in [0.1, 0.15) is 77.6 Å². The van der Waals surface area contributed by atoms with E-state index >= 15 is 0 Å². The third kappa shape index (κ3) is 7.47. The van der Waals surface area contributed by atoms with Crippen LogP contribution in [0, 0.1) is 18.8 Å². The van der Waals surface area contributed by atoms with Gasteiger partial charge in [-0.15, -0.1) is 48.1 Å². The fraction of sp³-hybridized carbons (Fsp3) is 0.224. The Balaban J connectivity index is 0.00000465. The average molecular weight is 903 g/mol. The minimum absolute atomic E-state index is 0. The quantitative estimate of drug-likeness (QED) is 0.149. The molecule has 0 spiro atoms. The minimum Gasteiger partial charge on any atom is -0.509 e. The first kappa shape index (κ1) is 38.2. The van der Waals surface area contributed by atoms with E-state index in [1.165, 1.54) is 22.3 Å². The molecule has 55 heavy (non-hydrogen) atoms. The minimum atomic E-state index is -0.183. The van der Waals surface area contributed by atoms with Crippen LogP contribution in [0.3, 0.4) is 0 Å². The molecule has 0 aliphatic carbocycles. The maximum absolute atomic E-state index is 6.53. The summed E-state index contributed by atoms with van der Waals surface area (Å²) in [5.74, 6) is 2.08. The van der Waals surface area contributed by atoms with Gasteiger partial charge >= 0.3 is 0 Å². The van der Waals surface area contributed by atoms with Crippen molar-refractivity contribution in [2.75, 3.05) is 9.80 Å². The van der Waals surface area contributed by atoms with E-state index < -0.39 is 0 Å². The summed E-state index contributed by atoms with van der Waals surface area (Å²) in [6.07, 6.45) is 6.02. The SMILES string of the molecule is CC(C)(C)c1cccc(N2C=CN(c3[c-]c(Oc4[c-]c5c(cc4)c4cc(C(C)(C)c6ccccc6)ccc4n5-c4cc(C(C)(C)C)ccn4)ccc3)[CH-]2)c1.[Pt]. The Hall–Kier alpha value is -5.12. The first-order valence-electron chi connectivity index (χ1n) is 18.7. The zero-order valence-corrected chi connectivity index (χ0v) is 35.1. The third-order valence-corrected chi connectivity index (χ3v) is 10.6. The zero-order chi connectivity index (χ0) is 37.8. The first-order chi connectivity index (χ1) is 25.8. The number of anilines is 2. The van der Waals surface area contributed by atoms with Crippen LogP contribution in [0.15, 0.2) is 134 Å². The molecule has 5 aromatic carbocycles. The van der Waals surface area contributed by atoms with Crippen molar-refractivity contribution >= 4 is 33.2 Å². The Labute approximate surface area is 340 Å². The Kier molecular flexibility index (Phi) is 10.1. The molecule has 2 aromatic heterocycles. The van der Waals surface area contributed by atoms with Crippen molar-refractivity contribution in [2.24, 2.45) is 0 Å². The molecule has 0 saturated carbocycles. The molecular weight excluding hydrogens is 856 g/mol. The molecule has 0 radical (unpaired) electrons. The second-order valence-corrected chi connectivity index (χ2v) is 16.8. The van der Waals surface area contributed by atoms with Gasteiger partial charge in [0.25, 0.3) is 0 Å². The molecule has 5 nitrogen and oxygen atoms in total. The van der Waals surface area contributed by atoms with E-state index in [2.05, 4.69) is 186 Å². The standard InChI is InChI=1S/C49H47N4O.Pt/c1-47(2,3)35-16-12-17-38(28-35)51-26-27-52(33-51)39-18-13-19-40(31-39)54-41-21-22-42-43-29-37(49(7,8)34-14-10-9-11-15-34)20-23-44(43)53(45(42)32-41)46-30-36(24-25-50-46)48(4,5)6;/h9-30,33H,1-8H3;/q-3;. The molecule has 7 aromatic rings. The molecule has 0 atom stereocenters. The van der Waals surface area contributed by atoms with E-state index in [9.17, 15) is 0 Å². The van der Waals surface area contributed by atoms with Crippen LogP contribution < -0.4 is 14.5 Å². The predicted octanol–water partition coefficient (Wildman–Crippen LogP) is 12.4. The summed E-state index contributed by atoms with van der Waals surface area (Å²) in [6.45, 7) is 20.1. The molecule has 0 saturated heterocycles. The third-order valence-electron chi connectivity index (χ3n) is 10.6. The molecule has 3 heterocycles. The largest absolute Gasteiger partial charge is 0.509 e. The van der Waals surface area contributed by atoms with Crippen LogP contribution in [-0.4, -0.2) is 9.55 Å². The van der Waals surface area contributed by atoms with Gasteiger partial charge in [-0.3, -0.25) is 0 Å². The van der Waals surface area contributed by atoms with E-state index in [1.54, 1.807) is 0 Å². The maximum Gasteiger partial charge on any atom is 0.135 e. The van der Waals surface area contributed by atoms with Crippen molar-refractivity contribution in [1.82, 2.24) is 9.55 Å². The Morgan fingerprint density at radius 3 is 2.04 bits per heavy atom. The van der Waals surface area contributed by atoms with Crippen LogP contribution >= 0.6 is 0 Å². The molecular formula is C49H47N4OPt-3. The topological polar surface area (TPSA) is 33.5 Å². The van der Waals surface area contributed by atoms with Crippen LogP contribution in [0.4, 0.5) is 11.4 Å². The molecule has 1 aliphatic heterocycles. The molecule has 0 bridgehead atoms. The van der Waals surface area contributed by atoms with Crippen LogP contribution in [0.25, 0.3) is 27.6 Å². The van der Waals surface area contributed by atoms with Crippen LogP contribution in [0.5, 0.6) is 11.5 Å². The molecule has 1 aliphatic rings. The summed E-state index contributed by atoms with van der Waals surface area (Å²) in [6, 6.07) is 47.8. The van der Waals surface area contributed by atoms with Gasteiger partial charge in [-0.05, 0) is 81.2 Å². The predicted molar refractivity (Wildman–Crippen MR) is 224 cm³/mol. The van der Waals surface area contributed by atoms with Gasteiger partial charge in [0.1, 0.15) is 5.82 Å². The van der Waals surface area contributed by atoms with Gasteiger partial charge in [0.05, 0.1) is 0 Å². The van der Waals surface area contributed by atoms with Gasteiger partial charge in [-0.2, -0.15) is 12.1 Å². The number of pyridine rings is 1. The second-order valence-electron chi connectivity index (χ2n) is 16.8. The number of aromatic nitrogens is 2. The van der Waals surface area contributed by atoms with Gasteiger partial charge in [0.15, 0.2) is 0 Å². The zero-order valence-electron chi connectivity index (χ0n) is 32.8. The van der Waals surface area contributed by atoms with E-state index in [0.29, 0.717) is 11.5 Å². The normalized spacial score (nSPS) is 13.5. The van der Waals surface area contributed by atoms with Crippen molar-refractivity contribution < 1.29 is 25.8 Å². The maximum atomic E-state index is 6.53. The van der Waals surface area contributed by atoms with Crippen LogP contribution in [-0.2, 0) is 37.3 Å². The van der Waals surface area contributed by atoms with E-state index in [4.69, 9.17) is 9.72 Å². The fourth-order valence-corrected chi connectivity index (χ4v) is 7.19. The van der Waals surface area contributed by atoms with Crippen molar-refractivity contribution in [2.45, 2.75) is 71.6 Å². The second kappa shape index (κ2) is 14.5. The molecule has 0 unspecified atom stereocenters. The molecule has 6 heteroatoms. The van der Waals surface area contributed by atoms with E-state index in [1.807, 2.05) is 36.7 Å². The Morgan fingerprint density at radius 1 is 0.582 bits per heavy atom. The number of benzene rings is 5. The number of rotatable bonds is 7. The molecule has 0 fully saturated rings. The molecule has 0 N–H and O–H groups in total. The Bertz CT molecular complexity index is 2520. The van der Waals surface area contributed by atoms with E-state index in [-0.39, 0.29) is 37.3 Å². The fourth-order valence-electron chi connectivity index (χ4n) is 7.19. The Morgan fingerprint density at radius 2 is 1.27 bits per heavy atom. The van der Waals surface area contributed by atoms with Crippen molar-refractivity contribution in [3.05, 3.63) is 175 Å². The molecule has 282 valence electrons. The van der Waals surface area contributed by atoms with Crippen LogP contribution in [0.2, 0.25) is 0 Å². The smallest absolute Gasteiger partial charge is 0.135 e. The summed E-state index contributed by atoms with van der Waals surface area (Å²) in [5, 5.41) is 2.25. The van der Waals surface area contributed by atoms with E-state index in [0.717, 1.165) is 39.0 Å². The summed E-state index contributed by atoms with van der Waals surface area (Å²) < 4.78 is 8.75. The summed E-state index contributed by atoms with van der Waals surface area (Å²) in [7, 11) is 0. The number of nitrogens with zero attached hydrogens (tertiary/aromatic N) is 4. The molecule has 8 rings (SSSR count). The van der Waals surface area contributed by atoms with Crippen molar-refractivity contribution in [1.29, 1.82) is 0 Å². The van der Waals surface area contributed by atoms with Gasteiger partial charge in [-0.25, -0.2) is 4.98 Å². The number of fused-ring (bicyclic) bond motifs is 3. The summed E-state index contributed by atoms with van der Waals surface area (Å²) in [5.41, 5.74) is 8.88. The number of hydrogen-bond donors (Lipinski definition) is 0. The van der Waals surface area contributed by atoms with Gasteiger partial charge in [0, 0.05) is 55.4 Å². The number of hydrogen-bond acceptors (Lipinski definition) is 4. The summed E-state index contributed by atoms with van der Waals surface area (Å²) >= 11 is 0. The van der Waals surface area contributed by atoms with Gasteiger partial charge < -0.3 is 19.1 Å². The molecule has 0 amide bonds. The van der Waals surface area contributed by atoms with Gasteiger partial charge in [0.2, 0.25) is 0 Å². The average Bonchev–Trinajstić information content (AvgIpc) is 3.78. The van der Waals surface area contributed by atoms with Crippen molar-refractivity contribution in [3.8, 4) is 17.3 Å². The number of ether oxygens (including phenoxy) is 1. The van der Waals surface area contributed by atoms with Gasteiger partial charge in [-0.1, -0.05) is 116 Å². The van der Waals surface area contributed by atoms with Crippen molar-refractivity contribution in [3.63, 3.8) is 0 Å².